The molecule has 2 aromatic carbocycles. The van der Waals surface area contributed by atoms with Gasteiger partial charge in [-0.25, -0.2) is 0 Å². The number of allylic oxidation sites excluding steroid dienone is 2. The molecular formula is C28H34N4O. The number of benzene rings is 2. The Morgan fingerprint density at radius 1 is 0.848 bits per heavy atom. The lowest BCUT2D eigenvalue weighted by Gasteiger charge is -2.31. The van der Waals surface area contributed by atoms with E-state index in [0.29, 0.717) is 0 Å². The van der Waals surface area contributed by atoms with Gasteiger partial charge >= 0.3 is 0 Å². The summed E-state index contributed by atoms with van der Waals surface area (Å²) in [6.45, 7) is 9.81. The Morgan fingerprint density at radius 2 is 1.55 bits per heavy atom. The van der Waals surface area contributed by atoms with Crippen LogP contribution in [0.1, 0.15) is 37.8 Å². The molecule has 1 heterocycles. The van der Waals surface area contributed by atoms with Crippen LogP contribution in [0.2, 0.25) is 0 Å². The molecule has 33 heavy (non-hydrogen) atoms. The van der Waals surface area contributed by atoms with E-state index < -0.39 is 0 Å². The van der Waals surface area contributed by atoms with Crippen molar-refractivity contribution in [3.63, 3.8) is 0 Å². The summed E-state index contributed by atoms with van der Waals surface area (Å²) in [5.41, 5.74) is 7.52. The van der Waals surface area contributed by atoms with Gasteiger partial charge in [0, 0.05) is 37.6 Å². The van der Waals surface area contributed by atoms with Gasteiger partial charge in [-0.1, -0.05) is 42.5 Å². The van der Waals surface area contributed by atoms with Crippen LogP contribution < -0.4 is 4.90 Å². The molecule has 1 aliphatic heterocycles. The fourth-order valence-corrected chi connectivity index (χ4v) is 4.49. The number of rotatable bonds is 8. The van der Waals surface area contributed by atoms with Crippen LogP contribution in [0.15, 0.2) is 81.6 Å². The summed E-state index contributed by atoms with van der Waals surface area (Å²) >= 11 is 0. The number of anilines is 1. The summed E-state index contributed by atoms with van der Waals surface area (Å²) in [6.07, 6.45) is 8.09. The second kappa shape index (κ2) is 11.6. The Balaban J connectivity index is 1.57. The quantitative estimate of drug-likeness (QED) is 0.406. The van der Waals surface area contributed by atoms with E-state index in [1.54, 1.807) is 6.21 Å². The lowest BCUT2D eigenvalue weighted by atomic mass is 10.1. The molecule has 0 unspecified atom stereocenters. The highest BCUT2D eigenvalue weighted by molar-refractivity contribution is 5.85. The maximum atomic E-state index is 5.61. The van der Waals surface area contributed by atoms with Crippen molar-refractivity contribution in [1.82, 2.24) is 4.90 Å². The minimum Gasteiger partial charge on any atom is -0.378 e. The molecule has 1 fully saturated rings. The van der Waals surface area contributed by atoms with E-state index in [4.69, 9.17) is 4.74 Å². The molecule has 0 amide bonds. The summed E-state index contributed by atoms with van der Waals surface area (Å²) in [7, 11) is 0. The third kappa shape index (κ3) is 5.99. The van der Waals surface area contributed by atoms with Crippen molar-refractivity contribution in [1.29, 1.82) is 0 Å². The van der Waals surface area contributed by atoms with Crippen LogP contribution in [-0.4, -0.2) is 56.7 Å². The zero-order valence-electron chi connectivity index (χ0n) is 19.8. The van der Waals surface area contributed by atoms with Gasteiger partial charge in [-0.3, -0.25) is 0 Å². The summed E-state index contributed by atoms with van der Waals surface area (Å²) in [5, 5.41) is 8.66. The van der Waals surface area contributed by atoms with Crippen LogP contribution in [-0.2, 0) is 4.74 Å². The molecule has 4 rings (SSSR count). The van der Waals surface area contributed by atoms with Gasteiger partial charge in [0.2, 0.25) is 0 Å². The summed E-state index contributed by atoms with van der Waals surface area (Å²) in [4.78, 5) is 4.82. The molecule has 1 saturated heterocycles. The van der Waals surface area contributed by atoms with Gasteiger partial charge in [-0.05, 0) is 67.2 Å². The summed E-state index contributed by atoms with van der Waals surface area (Å²) < 4.78 is 5.61. The lowest BCUT2D eigenvalue weighted by Crippen LogP contribution is -2.36. The molecule has 5 nitrogen and oxygen atoms in total. The van der Waals surface area contributed by atoms with Crippen LogP contribution in [0, 0.1) is 0 Å². The maximum Gasteiger partial charge on any atom is 0.0642 e. The Labute approximate surface area is 197 Å². The number of ether oxygens (including phenoxy) is 1. The largest absolute Gasteiger partial charge is 0.378 e. The van der Waals surface area contributed by atoms with Gasteiger partial charge in [0.25, 0.3) is 0 Å². The van der Waals surface area contributed by atoms with E-state index >= 15 is 0 Å². The smallest absolute Gasteiger partial charge is 0.0642 e. The molecule has 0 atom stereocenters. The molecule has 2 aliphatic rings. The first-order chi connectivity index (χ1) is 16.3. The second-order valence-electron chi connectivity index (χ2n) is 8.31. The number of nitrogens with zero attached hydrogens (tertiary/aromatic N) is 4. The Kier molecular flexibility index (Phi) is 8.09. The first kappa shape index (κ1) is 23.0. The van der Waals surface area contributed by atoms with E-state index in [9.17, 15) is 0 Å². The molecule has 0 bridgehead atoms. The molecule has 172 valence electrons. The highest BCUT2D eigenvalue weighted by Gasteiger charge is 2.25. The SMILES string of the molecule is CCN(CC)c1ccc(/C=C2\CCC(/C=N\N=C/c3ccccc3)=C2N2CCOCC2)cc1. The van der Waals surface area contributed by atoms with E-state index in [2.05, 4.69) is 64.2 Å². The standard InChI is InChI=1S/C28H34N4O/c1-3-31(4-2)27-14-10-23(11-15-27)20-25-12-13-26(28(25)32-16-18-33-19-17-32)22-30-29-21-24-8-6-5-7-9-24/h5-11,14-15,20-22H,3-4,12-13,16-19H2,1-2H3/b25-20+,29-21-,30-22-. The van der Waals surface area contributed by atoms with Crippen LogP contribution >= 0.6 is 0 Å². The Morgan fingerprint density at radius 3 is 2.24 bits per heavy atom. The number of morpholine rings is 1. The van der Waals surface area contributed by atoms with Gasteiger partial charge in [0.05, 0.1) is 25.6 Å². The third-order valence-electron chi connectivity index (χ3n) is 6.25. The number of hydrogen-bond donors (Lipinski definition) is 0. The fraction of sp³-hybridized carbons (Fsp3) is 0.357. The monoisotopic (exact) mass is 442 g/mol. The minimum absolute atomic E-state index is 0.770. The van der Waals surface area contributed by atoms with Gasteiger partial charge < -0.3 is 14.5 Å². The lowest BCUT2D eigenvalue weighted by molar-refractivity contribution is 0.0548. The predicted octanol–water partition coefficient (Wildman–Crippen LogP) is 5.40. The van der Waals surface area contributed by atoms with Crippen molar-refractivity contribution in [2.75, 3.05) is 44.3 Å². The Bertz CT molecular complexity index is 1010. The normalized spacial score (nSPS) is 18.2. The van der Waals surface area contributed by atoms with Gasteiger partial charge in [-0.2, -0.15) is 10.2 Å². The molecule has 1 aliphatic carbocycles. The highest BCUT2D eigenvalue weighted by atomic mass is 16.5. The van der Waals surface area contributed by atoms with Crippen molar-refractivity contribution in [3.8, 4) is 0 Å². The zero-order chi connectivity index (χ0) is 22.9. The van der Waals surface area contributed by atoms with Crippen LogP contribution in [0.3, 0.4) is 0 Å². The van der Waals surface area contributed by atoms with Gasteiger partial charge in [0.1, 0.15) is 0 Å². The predicted molar refractivity (Wildman–Crippen MR) is 139 cm³/mol. The van der Waals surface area contributed by atoms with Crippen LogP contribution in [0.4, 0.5) is 5.69 Å². The maximum absolute atomic E-state index is 5.61. The second-order valence-corrected chi connectivity index (χ2v) is 8.31. The highest BCUT2D eigenvalue weighted by Crippen LogP contribution is 2.35. The topological polar surface area (TPSA) is 40.4 Å². The molecule has 0 aromatic heterocycles. The van der Waals surface area contributed by atoms with Crippen LogP contribution in [0.25, 0.3) is 6.08 Å². The van der Waals surface area contributed by atoms with Crippen molar-refractivity contribution in [2.24, 2.45) is 10.2 Å². The minimum atomic E-state index is 0.770. The van der Waals surface area contributed by atoms with Crippen molar-refractivity contribution < 1.29 is 4.74 Å². The summed E-state index contributed by atoms with van der Waals surface area (Å²) in [6, 6.07) is 19.0. The van der Waals surface area contributed by atoms with Crippen molar-refractivity contribution in [2.45, 2.75) is 26.7 Å². The first-order valence-electron chi connectivity index (χ1n) is 12.0. The van der Waals surface area contributed by atoms with E-state index in [1.807, 2.05) is 36.5 Å². The van der Waals surface area contributed by atoms with Gasteiger partial charge in [0.15, 0.2) is 0 Å². The molecule has 0 radical (unpaired) electrons. The summed E-state index contributed by atoms with van der Waals surface area (Å²) in [5.74, 6) is 0. The first-order valence-corrected chi connectivity index (χ1v) is 12.0. The fourth-order valence-electron chi connectivity index (χ4n) is 4.49. The third-order valence-corrected chi connectivity index (χ3v) is 6.25. The molecule has 0 saturated carbocycles. The average Bonchev–Trinajstić information content (AvgIpc) is 3.27. The van der Waals surface area contributed by atoms with Crippen molar-refractivity contribution >= 4 is 24.2 Å². The van der Waals surface area contributed by atoms with E-state index in [-0.39, 0.29) is 0 Å². The molecule has 5 heteroatoms. The van der Waals surface area contributed by atoms with Crippen LogP contribution in [0.5, 0.6) is 0 Å². The molecule has 2 aromatic rings. The molecule has 0 N–H and O–H groups in total. The van der Waals surface area contributed by atoms with Crippen molar-refractivity contribution in [3.05, 3.63) is 82.6 Å². The molecule has 0 spiro atoms. The zero-order valence-corrected chi connectivity index (χ0v) is 19.8. The Hall–Kier alpha value is -3.18. The average molecular weight is 443 g/mol. The van der Waals surface area contributed by atoms with E-state index in [1.165, 1.54) is 28.1 Å². The van der Waals surface area contributed by atoms with Gasteiger partial charge in [-0.15, -0.1) is 0 Å². The van der Waals surface area contributed by atoms with E-state index in [0.717, 1.165) is 57.8 Å². The number of hydrogen-bond acceptors (Lipinski definition) is 5. The molecular weight excluding hydrogens is 408 g/mol.